The fraction of sp³-hybridized carbons (Fsp3) is 0. The van der Waals surface area contributed by atoms with Crippen molar-refractivity contribution in [2.75, 3.05) is 0 Å². The van der Waals surface area contributed by atoms with Gasteiger partial charge in [0.05, 0.1) is 11.0 Å². The molecule has 2 heterocycles. The predicted octanol–water partition coefficient (Wildman–Crippen LogP) is 16.4. The SMILES string of the molecule is O=P1(c2cc(-c3cccc(-c4ccccc4)c3)cc(-c3cccc(-c4cc(-c5ccccc5)cc(-c5ccccc5)c4)c3)c2)c2ccccc2-c2cc3c4ccccc4n(-c4ccccc4)c3cc21. The van der Waals surface area contributed by atoms with Crippen LogP contribution in [0.25, 0.3) is 105 Å². The molecule has 0 bridgehead atoms. The Hall–Kier alpha value is -8.55. The molecule has 0 radical (unpaired) electrons. The molecule has 0 saturated carbocycles. The molecule has 0 spiro atoms. The van der Waals surface area contributed by atoms with Crippen LogP contribution in [0.1, 0.15) is 0 Å². The van der Waals surface area contributed by atoms with E-state index in [1.165, 1.54) is 16.5 Å². The summed E-state index contributed by atoms with van der Waals surface area (Å²) in [4.78, 5) is 0. The minimum atomic E-state index is -3.49. The number of hydrogen-bond acceptors (Lipinski definition) is 1. The van der Waals surface area contributed by atoms with E-state index in [2.05, 4.69) is 265 Å². The van der Waals surface area contributed by atoms with Gasteiger partial charge in [0, 0.05) is 32.4 Å². The Kier molecular flexibility index (Phi) is 9.82. The molecule has 1 aromatic heterocycles. The monoisotopic (exact) mass is 897 g/mol. The van der Waals surface area contributed by atoms with Gasteiger partial charge in [-0.25, -0.2) is 0 Å². The van der Waals surface area contributed by atoms with E-state index in [9.17, 15) is 0 Å². The summed E-state index contributed by atoms with van der Waals surface area (Å²) < 4.78 is 19.4. The zero-order chi connectivity index (χ0) is 45.9. The molecule has 1 atom stereocenters. The third kappa shape index (κ3) is 7.00. The second kappa shape index (κ2) is 16.6. The third-order valence-electron chi connectivity index (χ3n) is 13.9. The van der Waals surface area contributed by atoms with Gasteiger partial charge in [0.2, 0.25) is 0 Å². The summed E-state index contributed by atoms with van der Waals surface area (Å²) in [5.74, 6) is 0. The van der Waals surface area contributed by atoms with E-state index in [-0.39, 0.29) is 0 Å². The Morgan fingerprint density at radius 3 is 1.23 bits per heavy atom. The summed E-state index contributed by atoms with van der Waals surface area (Å²) in [7, 11) is -3.49. The smallest absolute Gasteiger partial charge is 0.172 e. The third-order valence-corrected chi connectivity index (χ3v) is 17.0. The molecule has 12 aromatic rings. The van der Waals surface area contributed by atoms with Crippen LogP contribution in [0.2, 0.25) is 0 Å². The first kappa shape index (κ1) is 40.7. The summed E-state index contributed by atoms with van der Waals surface area (Å²) >= 11 is 0. The van der Waals surface area contributed by atoms with Crippen LogP contribution < -0.4 is 15.9 Å². The van der Waals surface area contributed by atoms with Crippen molar-refractivity contribution in [2.24, 2.45) is 0 Å². The maximum absolute atomic E-state index is 17.0. The fourth-order valence-corrected chi connectivity index (χ4v) is 13.7. The molecule has 0 aliphatic carbocycles. The average molecular weight is 898 g/mol. The summed E-state index contributed by atoms with van der Waals surface area (Å²) in [5.41, 5.74) is 18.7. The lowest BCUT2D eigenvalue weighted by Gasteiger charge is -2.20. The zero-order valence-electron chi connectivity index (χ0n) is 37.7. The largest absolute Gasteiger partial charge is 0.309 e. The normalized spacial score (nSPS) is 13.9. The van der Waals surface area contributed by atoms with Crippen LogP contribution >= 0.6 is 7.14 Å². The van der Waals surface area contributed by atoms with Crippen molar-refractivity contribution < 1.29 is 4.57 Å². The van der Waals surface area contributed by atoms with Gasteiger partial charge in [-0.15, -0.1) is 0 Å². The quantitative estimate of drug-likeness (QED) is 0.139. The highest BCUT2D eigenvalue weighted by Gasteiger charge is 2.41. The van der Waals surface area contributed by atoms with Crippen LogP contribution in [0.15, 0.2) is 267 Å². The Balaban J connectivity index is 1.04. The van der Waals surface area contributed by atoms with Gasteiger partial charge in [-0.2, -0.15) is 0 Å². The Morgan fingerprint density at radius 1 is 0.261 bits per heavy atom. The summed E-state index contributed by atoms with van der Waals surface area (Å²) in [6.45, 7) is 0. The molecular formula is C66H44NOP. The standard InChI is InChI=1S/C66H44NOP/c68-69(65-34-16-14-32-60(65)62-43-61-59-31-13-15-33-63(59)67(64(61)44-66(62)69)57-29-11-4-12-30-57)58-41-55(50-27-17-25-48(35-50)45-19-5-1-6-20-45)40-56(42-58)51-28-18-26-49(36-51)54-38-52(46-21-7-2-8-22-46)37-53(39-54)47-23-9-3-10-24-47/h1-44H. The molecule has 11 aromatic carbocycles. The maximum atomic E-state index is 17.0. The first-order valence-electron chi connectivity index (χ1n) is 23.6. The molecule has 324 valence electrons. The van der Waals surface area contributed by atoms with E-state index in [1.807, 2.05) is 6.07 Å². The van der Waals surface area contributed by atoms with Gasteiger partial charge < -0.3 is 9.13 Å². The number of hydrogen-bond donors (Lipinski definition) is 0. The van der Waals surface area contributed by atoms with Gasteiger partial charge in [-0.05, 0) is 157 Å². The molecule has 2 nitrogen and oxygen atoms in total. The highest BCUT2D eigenvalue weighted by atomic mass is 31.2. The number of nitrogens with zero attached hydrogens (tertiary/aromatic N) is 1. The number of fused-ring (bicyclic) bond motifs is 6. The number of aromatic nitrogens is 1. The first-order chi connectivity index (χ1) is 34.1. The van der Waals surface area contributed by atoms with Crippen LogP contribution in [0, 0.1) is 0 Å². The van der Waals surface area contributed by atoms with Crippen LogP contribution in [0.4, 0.5) is 0 Å². The van der Waals surface area contributed by atoms with Crippen LogP contribution in [0.5, 0.6) is 0 Å². The van der Waals surface area contributed by atoms with Crippen LogP contribution in [-0.2, 0) is 4.57 Å². The van der Waals surface area contributed by atoms with Gasteiger partial charge in [0.1, 0.15) is 0 Å². The van der Waals surface area contributed by atoms with Crippen molar-refractivity contribution in [1.29, 1.82) is 0 Å². The van der Waals surface area contributed by atoms with Crippen molar-refractivity contribution in [3.05, 3.63) is 267 Å². The second-order valence-corrected chi connectivity index (χ2v) is 20.7. The second-order valence-electron chi connectivity index (χ2n) is 18.0. The van der Waals surface area contributed by atoms with Crippen LogP contribution in [-0.4, -0.2) is 4.57 Å². The van der Waals surface area contributed by atoms with Gasteiger partial charge in [0.15, 0.2) is 7.14 Å². The average Bonchev–Trinajstić information content (AvgIpc) is 3.89. The lowest BCUT2D eigenvalue weighted by atomic mass is 9.91. The number of para-hydroxylation sites is 2. The molecule has 0 amide bonds. The van der Waals surface area contributed by atoms with E-state index in [1.54, 1.807) is 0 Å². The first-order valence-corrected chi connectivity index (χ1v) is 25.3. The number of rotatable bonds is 8. The van der Waals surface area contributed by atoms with Gasteiger partial charge in [-0.1, -0.05) is 188 Å². The lowest BCUT2D eigenvalue weighted by molar-refractivity contribution is 0.593. The molecule has 1 aliphatic heterocycles. The van der Waals surface area contributed by atoms with Crippen molar-refractivity contribution in [2.45, 2.75) is 0 Å². The molecule has 0 saturated heterocycles. The Morgan fingerprint density at radius 2 is 0.667 bits per heavy atom. The van der Waals surface area contributed by atoms with Crippen molar-refractivity contribution in [3.63, 3.8) is 0 Å². The van der Waals surface area contributed by atoms with Gasteiger partial charge >= 0.3 is 0 Å². The summed E-state index contributed by atoms with van der Waals surface area (Å²) in [6.07, 6.45) is 0. The fourth-order valence-electron chi connectivity index (χ4n) is 10.6. The van der Waals surface area contributed by atoms with E-state index in [4.69, 9.17) is 0 Å². The predicted molar refractivity (Wildman–Crippen MR) is 292 cm³/mol. The molecule has 13 rings (SSSR count). The maximum Gasteiger partial charge on any atom is 0.172 e. The van der Waals surface area contributed by atoms with Crippen LogP contribution in [0.3, 0.4) is 0 Å². The molecule has 1 unspecified atom stereocenters. The molecule has 0 fully saturated rings. The molecule has 0 N–H and O–H groups in total. The summed E-state index contributed by atoms with van der Waals surface area (Å²) in [5, 5.41) is 4.88. The lowest BCUT2D eigenvalue weighted by Crippen LogP contribution is -2.21. The topological polar surface area (TPSA) is 22.0 Å². The van der Waals surface area contributed by atoms with Crippen molar-refractivity contribution in [1.82, 2.24) is 4.57 Å². The molecular weight excluding hydrogens is 854 g/mol. The van der Waals surface area contributed by atoms with Gasteiger partial charge in [-0.3, -0.25) is 0 Å². The Labute approximate surface area is 402 Å². The van der Waals surface area contributed by atoms with E-state index in [0.717, 1.165) is 105 Å². The molecule has 69 heavy (non-hydrogen) atoms. The van der Waals surface area contributed by atoms with E-state index >= 15 is 4.57 Å². The van der Waals surface area contributed by atoms with E-state index in [0.29, 0.717) is 0 Å². The minimum Gasteiger partial charge on any atom is -0.309 e. The Bertz CT molecular complexity index is 3910. The summed E-state index contributed by atoms with van der Waals surface area (Å²) in [6, 6.07) is 95.0. The zero-order valence-corrected chi connectivity index (χ0v) is 38.6. The highest BCUT2D eigenvalue weighted by Crippen LogP contribution is 2.54. The molecule has 3 heteroatoms. The minimum absolute atomic E-state index is 0.816. The van der Waals surface area contributed by atoms with Crippen molar-refractivity contribution >= 4 is 44.9 Å². The van der Waals surface area contributed by atoms with E-state index < -0.39 is 7.14 Å². The van der Waals surface area contributed by atoms with Gasteiger partial charge in [0.25, 0.3) is 0 Å². The number of benzene rings is 11. The highest BCUT2D eigenvalue weighted by molar-refractivity contribution is 7.86. The van der Waals surface area contributed by atoms with Crippen molar-refractivity contribution in [3.8, 4) is 83.6 Å². The molecule has 1 aliphatic rings.